The molecule has 92 valence electrons. The summed E-state index contributed by atoms with van der Waals surface area (Å²) in [7, 11) is 0. The van der Waals surface area contributed by atoms with Crippen molar-refractivity contribution in [1.29, 1.82) is 0 Å². The lowest BCUT2D eigenvalue weighted by atomic mass is 10.2. The van der Waals surface area contributed by atoms with Crippen molar-refractivity contribution in [3.8, 4) is 5.75 Å². The molecular weight excluding hydrogens is 235 g/mol. The normalized spacial score (nSPS) is 12.0. The van der Waals surface area contributed by atoms with Crippen molar-refractivity contribution in [3.63, 3.8) is 0 Å². The van der Waals surface area contributed by atoms with Gasteiger partial charge < -0.3 is 10.5 Å². The number of aromatic nitrogens is 2. The molecule has 0 aliphatic heterocycles. The molecule has 1 heterocycles. The number of nitrogens with two attached hydrogens (primary N) is 1. The Bertz CT molecular complexity index is 547. The highest BCUT2D eigenvalue weighted by molar-refractivity contribution is 5.93. The molecule has 0 radical (unpaired) electrons. The van der Waals surface area contributed by atoms with E-state index in [0.717, 1.165) is 0 Å². The Labute approximate surface area is 94.8 Å². The van der Waals surface area contributed by atoms with Gasteiger partial charge in [-0.1, -0.05) is 6.07 Å². The number of nitrogens with zero attached hydrogens (tertiary/aromatic N) is 2. The minimum Gasteiger partial charge on any atom is -0.403 e. The summed E-state index contributed by atoms with van der Waals surface area (Å²) < 4.78 is 42.0. The number of para-hydroxylation sites is 1. The van der Waals surface area contributed by atoms with Crippen molar-refractivity contribution in [2.75, 3.05) is 5.73 Å². The Morgan fingerprint density at radius 2 is 2.12 bits per heavy atom. The highest BCUT2D eigenvalue weighted by Gasteiger charge is 2.32. The van der Waals surface area contributed by atoms with E-state index < -0.39 is 6.36 Å². The number of hydrogen-bond acceptors (Lipinski definition) is 3. The molecule has 0 amide bonds. The lowest BCUT2D eigenvalue weighted by Crippen LogP contribution is -2.17. The number of aryl methyl sites for hydroxylation is 1. The molecular formula is C10H10F3N3O. The monoisotopic (exact) mass is 245 g/mol. The number of nitrogen functional groups attached to an aromatic ring is 1. The maximum Gasteiger partial charge on any atom is 0.573 e. The van der Waals surface area contributed by atoms with Gasteiger partial charge >= 0.3 is 6.36 Å². The van der Waals surface area contributed by atoms with Crippen LogP contribution < -0.4 is 10.5 Å². The van der Waals surface area contributed by atoms with Gasteiger partial charge in [-0.05, 0) is 19.1 Å². The second-order valence-corrected chi connectivity index (χ2v) is 3.40. The molecule has 0 bridgehead atoms. The lowest BCUT2D eigenvalue weighted by Gasteiger charge is -2.10. The highest BCUT2D eigenvalue weighted by atomic mass is 19.4. The molecule has 0 aliphatic carbocycles. The van der Waals surface area contributed by atoms with E-state index in [2.05, 4.69) is 9.84 Å². The summed E-state index contributed by atoms with van der Waals surface area (Å²) in [5, 5.41) is 4.40. The number of benzene rings is 1. The van der Waals surface area contributed by atoms with E-state index in [9.17, 15) is 13.2 Å². The zero-order chi connectivity index (χ0) is 12.6. The van der Waals surface area contributed by atoms with Crippen molar-refractivity contribution in [2.24, 2.45) is 0 Å². The smallest absolute Gasteiger partial charge is 0.403 e. The van der Waals surface area contributed by atoms with Gasteiger partial charge in [-0.3, -0.25) is 4.68 Å². The van der Waals surface area contributed by atoms with Crippen LogP contribution >= 0.6 is 0 Å². The zero-order valence-electron chi connectivity index (χ0n) is 8.95. The van der Waals surface area contributed by atoms with Crippen LogP contribution in [0.15, 0.2) is 18.2 Å². The zero-order valence-corrected chi connectivity index (χ0v) is 8.95. The number of alkyl halides is 3. The summed E-state index contributed by atoms with van der Waals surface area (Å²) in [6, 6.07) is 4.29. The topological polar surface area (TPSA) is 53.1 Å². The van der Waals surface area contributed by atoms with Gasteiger partial charge in [-0.2, -0.15) is 5.10 Å². The van der Waals surface area contributed by atoms with Gasteiger partial charge in [0, 0.05) is 11.9 Å². The van der Waals surface area contributed by atoms with Crippen molar-refractivity contribution in [1.82, 2.24) is 9.78 Å². The fraction of sp³-hybridized carbons (Fsp3) is 0.300. The minimum atomic E-state index is -4.73. The van der Waals surface area contributed by atoms with Gasteiger partial charge in [0.1, 0.15) is 5.52 Å². The van der Waals surface area contributed by atoms with Crippen LogP contribution in [0.5, 0.6) is 5.75 Å². The van der Waals surface area contributed by atoms with E-state index in [1.54, 1.807) is 13.0 Å². The third kappa shape index (κ3) is 2.13. The number of halogens is 3. The third-order valence-electron chi connectivity index (χ3n) is 2.29. The summed E-state index contributed by atoms with van der Waals surface area (Å²) in [6.07, 6.45) is -4.73. The first-order valence-corrected chi connectivity index (χ1v) is 4.93. The number of fused-ring (bicyclic) bond motifs is 1. The van der Waals surface area contributed by atoms with Crippen LogP contribution in [-0.4, -0.2) is 16.1 Å². The summed E-state index contributed by atoms with van der Waals surface area (Å²) >= 11 is 0. The lowest BCUT2D eigenvalue weighted by molar-refractivity contribution is -0.274. The molecule has 0 aliphatic rings. The first-order chi connectivity index (χ1) is 7.92. The Balaban J connectivity index is 2.63. The largest absolute Gasteiger partial charge is 0.573 e. The minimum absolute atomic E-state index is 0.189. The molecule has 0 fully saturated rings. The average molecular weight is 245 g/mol. The second kappa shape index (κ2) is 3.83. The van der Waals surface area contributed by atoms with Gasteiger partial charge in [0.25, 0.3) is 0 Å². The first kappa shape index (κ1) is 11.6. The molecule has 2 N–H and O–H groups in total. The van der Waals surface area contributed by atoms with Crippen molar-refractivity contribution in [3.05, 3.63) is 18.2 Å². The first-order valence-electron chi connectivity index (χ1n) is 4.93. The molecule has 7 heteroatoms. The quantitative estimate of drug-likeness (QED) is 0.884. The van der Waals surface area contributed by atoms with Crippen LogP contribution in [0.3, 0.4) is 0 Å². The van der Waals surface area contributed by atoms with E-state index in [0.29, 0.717) is 11.9 Å². The van der Waals surface area contributed by atoms with E-state index in [1.165, 1.54) is 16.8 Å². The van der Waals surface area contributed by atoms with Crippen molar-refractivity contribution >= 4 is 16.7 Å². The molecule has 4 nitrogen and oxygen atoms in total. The number of rotatable bonds is 2. The number of hydrogen-bond donors (Lipinski definition) is 1. The predicted octanol–water partition coefficient (Wildman–Crippen LogP) is 2.54. The summed E-state index contributed by atoms with van der Waals surface area (Å²) in [4.78, 5) is 0. The van der Waals surface area contributed by atoms with E-state index in [4.69, 9.17) is 5.73 Å². The standard InChI is InChI=1S/C10H10F3N3O/c1-2-16-8-6(9(14)15-16)4-3-5-7(8)17-10(11,12)13/h3-5H,2H2,1H3,(H2,14,15). The molecule has 1 aromatic carbocycles. The summed E-state index contributed by atoms with van der Waals surface area (Å²) in [5.41, 5.74) is 5.87. The van der Waals surface area contributed by atoms with Gasteiger partial charge in [0.05, 0.1) is 0 Å². The average Bonchev–Trinajstić information content (AvgIpc) is 2.55. The molecule has 0 unspecified atom stereocenters. The number of ether oxygens (including phenoxy) is 1. The summed E-state index contributed by atoms with van der Waals surface area (Å²) in [5.74, 6) is -0.101. The van der Waals surface area contributed by atoms with Crippen LogP contribution in [0.25, 0.3) is 10.9 Å². The van der Waals surface area contributed by atoms with Crippen LogP contribution in [0.2, 0.25) is 0 Å². The molecule has 0 saturated heterocycles. The molecule has 2 aromatic rings. The highest BCUT2D eigenvalue weighted by Crippen LogP contribution is 2.32. The fourth-order valence-electron chi connectivity index (χ4n) is 1.67. The Kier molecular flexibility index (Phi) is 2.60. The predicted molar refractivity (Wildman–Crippen MR) is 56.5 cm³/mol. The molecule has 0 spiro atoms. The SMILES string of the molecule is CCn1nc(N)c2cccc(OC(F)(F)F)c21. The van der Waals surface area contributed by atoms with E-state index in [1.807, 2.05) is 0 Å². The Morgan fingerprint density at radius 3 is 2.71 bits per heavy atom. The summed E-state index contributed by atoms with van der Waals surface area (Å²) in [6.45, 7) is 2.17. The number of anilines is 1. The van der Waals surface area contributed by atoms with Crippen molar-refractivity contribution < 1.29 is 17.9 Å². The van der Waals surface area contributed by atoms with Gasteiger partial charge in [-0.25, -0.2) is 0 Å². The maximum absolute atomic E-state index is 12.2. The molecule has 0 saturated carbocycles. The second-order valence-electron chi connectivity index (χ2n) is 3.40. The van der Waals surface area contributed by atoms with Crippen LogP contribution in [0, 0.1) is 0 Å². The van der Waals surface area contributed by atoms with Crippen LogP contribution in [0.1, 0.15) is 6.92 Å². The Morgan fingerprint density at radius 1 is 1.41 bits per heavy atom. The third-order valence-corrected chi connectivity index (χ3v) is 2.29. The molecule has 17 heavy (non-hydrogen) atoms. The molecule has 1 aromatic heterocycles. The fourth-order valence-corrected chi connectivity index (χ4v) is 1.67. The molecule has 2 rings (SSSR count). The molecule has 0 atom stereocenters. The van der Waals surface area contributed by atoms with Crippen LogP contribution in [0.4, 0.5) is 19.0 Å². The van der Waals surface area contributed by atoms with Crippen LogP contribution in [-0.2, 0) is 6.54 Å². The van der Waals surface area contributed by atoms with Crippen molar-refractivity contribution in [2.45, 2.75) is 19.8 Å². The van der Waals surface area contributed by atoms with Gasteiger partial charge in [0.2, 0.25) is 0 Å². The van der Waals surface area contributed by atoms with Gasteiger partial charge in [-0.15, -0.1) is 13.2 Å². The maximum atomic E-state index is 12.2. The van der Waals surface area contributed by atoms with E-state index in [-0.39, 0.29) is 17.1 Å². The van der Waals surface area contributed by atoms with E-state index >= 15 is 0 Å². The van der Waals surface area contributed by atoms with Gasteiger partial charge in [0.15, 0.2) is 11.6 Å². The Hall–Kier alpha value is -1.92.